The maximum absolute atomic E-state index is 4.33. The van der Waals surface area contributed by atoms with Crippen molar-refractivity contribution < 1.29 is 0 Å². The van der Waals surface area contributed by atoms with Crippen LogP contribution in [0.3, 0.4) is 0 Å². The Labute approximate surface area is 164 Å². The highest BCUT2D eigenvalue weighted by molar-refractivity contribution is 5.83. The Kier molecular flexibility index (Phi) is 5.38. The molecule has 0 saturated carbocycles. The molecule has 0 aliphatic heterocycles. The largest absolute Gasteiger partial charge is 0.361 e. The molecule has 0 atom stereocenters. The number of guanidine groups is 1. The molecule has 0 fully saturated rings. The first-order valence-electron chi connectivity index (χ1n) is 9.42. The van der Waals surface area contributed by atoms with Crippen molar-refractivity contribution in [2.75, 3.05) is 13.6 Å². The van der Waals surface area contributed by atoms with E-state index in [0.717, 1.165) is 24.6 Å². The van der Waals surface area contributed by atoms with E-state index in [-0.39, 0.29) is 0 Å². The number of H-pyrrole nitrogens is 1. The SMILES string of the molecule is CN=C(NCCc1c[nH]c2ccccc12)NCc1cccc(-n2cccn2)c1. The maximum Gasteiger partial charge on any atom is 0.191 e. The number of aromatic amines is 1. The minimum atomic E-state index is 0.696. The van der Waals surface area contributed by atoms with Crippen LogP contribution in [0.4, 0.5) is 0 Å². The number of rotatable bonds is 6. The minimum absolute atomic E-state index is 0.696. The molecular weight excluding hydrogens is 348 g/mol. The van der Waals surface area contributed by atoms with Gasteiger partial charge in [-0.05, 0) is 41.8 Å². The lowest BCUT2D eigenvalue weighted by Gasteiger charge is -2.12. The average molecular weight is 372 g/mol. The second kappa shape index (κ2) is 8.43. The normalized spacial score (nSPS) is 11.7. The van der Waals surface area contributed by atoms with Gasteiger partial charge in [0.2, 0.25) is 0 Å². The number of benzene rings is 2. The molecule has 2 aromatic carbocycles. The molecule has 2 aromatic heterocycles. The average Bonchev–Trinajstić information content (AvgIpc) is 3.41. The summed E-state index contributed by atoms with van der Waals surface area (Å²) >= 11 is 0. The fraction of sp³-hybridized carbons (Fsp3) is 0.182. The molecule has 0 spiro atoms. The van der Waals surface area contributed by atoms with Gasteiger partial charge in [-0.25, -0.2) is 4.68 Å². The zero-order valence-electron chi connectivity index (χ0n) is 15.9. The number of nitrogens with one attached hydrogen (secondary N) is 3. The molecule has 0 aliphatic carbocycles. The molecule has 2 heterocycles. The molecule has 28 heavy (non-hydrogen) atoms. The lowest BCUT2D eigenvalue weighted by molar-refractivity contribution is 0.794. The van der Waals surface area contributed by atoms with Crippen LogP contribution in [-0.4, -0.2) is 34.3 Å². The van der Waals surface area contributed by atoms with Gasteiger partial charge in [0.15, 0.2) is 5.96 Å². The second-order valence-electron chi connectivity index (χ2n) is 6.58. The number of hydrogen-bond donors (Lipinski definition) is 3. The van der Waals surface area contributed by atoms with Crippen molar-refractivity contribution in [2.45, 2.75) is 13.0 Å². The third-order valence-electron chi connectivity index (χ3n) is 4.72. The summed E-state index contributed by atoms with van der Waals surface area (Å²) in [6, 6.07) is 18.6. The van der Waals surface area contributed by atoms with E-state index in [0.29, 0.717) is 6.54 Å². The first-order chi connectivity index (χ1) is 13.8. The van der Waals surface area contributed by atoms with Gasteiger partial charge in [0.05, 0.1) is 5.69 Å². The van der Waals surface area contributed by atoms with Gasteiger partial charge in [-0.2, -0.15) is 5.10 Å². The van der Waals surface area contributed by atoms with Crippen molar-refractivity contribution in [1.82, 2.24) is 25.4 Å². The van der Waals surface area contributed by atoms with Gasteiger partial charge in [0, 0.05) is 49.6 Å². The smallest absolute Gasteiger partial charge is 0.191 e. The molecule has 4 aromatic rings. The maximum atomic E-state index is 4.33. The van der Waals surface area contributed by atoms with Crippen LogP contribution in [0.1, 0.15) is 11.1 Å². The highest BCUT2D eigenvalue weighted by atomic mass is 15.3. The summed E-state index contributed by atoms with van der Waals surface area (Å²) in [4.78, 5) is 7.65. The van der Waals surface area contributed by atoms with Crippen molar-refractivity contribution in [3.05, 3.63) is 84.3 Å². The number of nitrogens with zero attached hydrogens (tertiary/aromatic N) is 3. The van der Waals surface area contributed by atoms with Crippen LogP contribution in [0.15, 0.2) is 78.2 Å². The lowest BCUT2D eigenvalue weighted by Crippen LogP contribution is -2.37. The van der Waals surface area contributed by atoms with Crippen LogP contribution in [0, 0.1) is 0 Å². The molecular formula is C22H24N6. The molecule has 6 nitrogen and oxygen atoms in total. The fourth-order valence-electron chi connectivity index (χ4n) is 3.29. The molecule has 0 unspecified atom stereocenters. The molecule has 0 amide bonds. The highest BCUT2D eigenvalue weighted by Gasteiger charge is 2.04. The summed E-state index contributed by atoms with van der Waals surface area (Å²) in [5.41, 5.74) is 4.71. The summed E-state index contributed by atoms with van der Waals surface area (Å²) in [5.74, 6) is 0.796. The van der Waals surface area contributed by atoms with E-state index in [2.05, 4.69) is 62.2 Å². The number of fused-ring (bicyclic) bond motifs is 1. The molecule has 6 heteroatoms. The molecule has 142 valence electrons. The highest BCUT2D eigenvalue weighted by Crippen LogP contribution is 2.17. The summed E-state index contributed by atoms with van der Waals surface area (Å²) in [6.07, 6.45) is 6.74. The molecule has 4 rings (SSSR count). The predicted octanol–water partition coefficient (Wildman–Crippen LogP) is 3.26. The number of para-hydroxylation sites is 1. The van der Waals surface area contributed by atoms with E-state index < -0.39 is 0 Å². The Bertz CT molecular complexity index is 1060. The zero-order valence-corrected chi connectivity index (χ0v) is 15.9. The Morgan fingerprint density at radius 3 is 2.89 bits per heavy atom. The third-order valence-corrected chi connectivity index (χ3v) is 4.72. The first-order valence-corrected chi connectivity index (χ1v) is 9.42. The van der Waals surface area contributed by atoms with Gasteiger partial charge in [0.1, 0.15) is 0 Å². The van der Waals surface area contributed by atoms with Crippen LogP contribution in [0.25, 0.3) is 16.6 Å². The van der Waals surface area contributed by atoms with E-state index in [9.17, 15) is 0 Å². The van der Waals surface area contributed by atoms with Gasteiger partial charge >= 0.3 is 0 Å². The predicted molar refractivity (Wildman–Crippen MR) is 114 cm³/mol. The fourth-order valence-corrected chi connectivity index (χ4v) is 3.29. The molecule has 0 aliphatic rings. The lowest BCUT2D eigenvalue weighted by atomic mass is 10.1. The Hall–Kier alpha value is -3.54. The quantitative estimate of drug-likeness (QED) is 0.359. The van der Waals surface area contributed by atoms with E-state index in [1.54, 1.807) is 13.2 Å². The molecule has 0 saturated heterocycles. The van der Waals surface area contributed by atoms with Gasteiger partial charge in [0.25, 0.3) is 0 Å². The molecule has 3 N–H and O–H groups in total. The summed E-state index contributed by atoms with van der Waals surface area (Å²) in [6.45, 7) is 1.51. The topological polar surface area (TPSA) is 70.0 Å². The van der Waals surface area contributed by atoms with Crippen molar-refractivity contribution in [3.8, 4) is 5.69 Å². The second-order valence-corrected chi connectivity index (χ2v) is 6.58. The zero-order chi connectivity index (χ0) is 19.2. The van der Waals surface area contributed by atoms with Crippen molar-refractivity contribution >= 4 is 16.9 Å². The minimum Gasteiger partial charge on any atom is -0.361 e. The molecule has 0 radical (unpaired) electrons. The monoisotopic (exact) mass is 372 g/mol. The molecule has 0 bridgehead atoms. The van der Waals surface area contributed by atoms with Crippen molar-refractivity contribution in [2.24, 2.45) is 4.99 Å². The van der Waals surface area contributed by atoms with Gasteiger partial charge in [-0.15, -0.1) is 0 Å². The standard InChI is InChI=1S/C22H24N6/c1-23-22(24-12-10-18-16-25-21-9-3-2-8-20(18)21)26-15-17-6-4-7-19(14-17)28-13-5-11-27-28/h2-9,11,13-14,16,25H,10,12,15H2,1H3,(H2,23,24,26). The van der Waals surface area contributed by atoms with Gasteiger partial charge in [-0.1, -0.05) is 30.3 Å². The van der Waals surface area contributed by atoms with Crippen molar-refractivity contribution in [1.29, 1.82) is 0 Å². The number of aromatic nitrogens is 3. The van der Waals surface area contributed by atoms with E-state index in [1.807, 2.05) is 35.1 Å². The van der Waals surface area contributed by atoms with Crippen LogP contribution in [-0.2, 0) is 13.0 Å². The summed E-state index contributed by atoms with van der Waals surface area (Å²) in [5, 5.41) is 12.3. The Morgan fingerprint density at radius 2 is 2.04 bits per heavy atom. The van der Waals surface area contributed by atoms with Gasteiger partial charge in [-0.3, -0.25) is 4.99 Å². The van der Waals surface area contributed by atoms with Crippen LogP contribution < -0.4 is 10.6 Å². The summed E-state index contributed by atoms with van der Waals surface area (Å²) in [7, 11) is 1.79. The van der Waals surface area contributed by atoms with E-state index in [4.69, 9.17) is 0 Å². The van der Waals surface area contributed by atoms with E-state index in [1.165, 1.54) is 22.0 Å². The van der Waals surface area contributed by atoms with Crippen LogP contribution >= 0.6 is 0 Å². The first kappa shape index (κ1) is 17.9. The number of aliphatic imine (C=N–C) groups is 1. The van der Waals surface area contributed by atoms with E-state index >= 15 is 0 Å². The third kappa shape index (κ3) is 4.06. The summed E-state index contributed by atoms with van der Waals surface area (Å²) < 4.78 is 1.86. The van der Waals surface area contributed by atoms with Crippen molar-refractivity contribution in [3.63, 3.8) is 0 Å². The van der Waals surface area contributed by atoms with Crippen LogP contribution in [0.2, 0.25) is 0 Å². The Balaban J connectivity index is 1.31. The van der Waals surface area contributed by atoms with Gasteiger partial charge < -0.3 is 15.6 Å². The van der Waals surface area contributed by atoms with Crippen LogP contribution in [0.5, 0.6) is 0 Å². The number of hydrogen-bond acceptors (Lipinski definition) is 2. The Morgan fingerprint density at radius 1 is 1.11 bits per heavy atom.